The standard InChI is InChI=1S/C20H20O2/c1-21-9-5-6-10(22-2)12-11(9)16-13-14-15(13)18-19(16)7-3-4-8-20(18,19)17(12)14/h3-6,13-18H,7-8H2,1-2H3/t13-,14-,15?,16+,17+,18?,19-,20-/m1/s1. The third kappa shape index (κ3) is 0.714. The van der Waals surface area contributed by atoms with E-state index < -0.39 is 0 Å². The molecule has 0 aliphatic heterocycles. The van der Waals surface area contributed by atoms with Gasteiger partial charge in [0, 0.05) is 11.1 Å². The van der Waals surface area contributed by atoms with Gasteiger partial charge in [-0.3, -0.25) is 0 Å². The average Bonchev–Trinajstić information content (AvgIpc) is 3.37. The van der Waals surface area contributed by atoms with Crippen molar-refractivity contribution in [3.8, 4) is 11.5 Å². The van der Waals surface area contributed by atoms with E-state index in [1.54, 1.807) is 11.1 Å². The quantitative estimate of drug-likeness (QED) is 0.773. The number of ether oxygens (including phenoxy) is 2. The van der Waals surface area contributed by atoms with Crippen molar-refractivity contribution in [1.82, 2.24) is 0 Å². The fraction of sp³-hybridized carbons (Fsp3) is 0.600. The summed E-state index contributed by atoms with van der Waals surface area (Å²) in [6.07, 6.45) is 7.59. The summed E-state index contributed by atoms with van der Waals surface area (Å²) in [4.78, 5) is 0. The predicted octanol–water partition coefficient (Wildman–Crippen LogP) is 3.73. The SMILES string of the molecule is COc1ccc(OC)c2c1[C@H]1[C@H]3C4C5[C@@]16CC=CC[C@@]56[C@@H]2[C@@H]43. The van der Waals surface area contributed by atoms with Crippen molar-refractivity contribution in [2.24, 2.45) is 34.5 Å². The highest BCUT2D eigenvalue weighted by Crippen LogP contribution is 3.06. The van der Waals surface area contributed by atoms with Crippen LogP contribution in [0.4, 0.5) is 0 Å². The highest BCUT2D eigenvalue weighted by Gasteiger charge is 3.01. The minimum Gasteiger partial charge on any atom is -0.496 e. The first-order valence-electron chi connectivity index (χ1n) is 8.72. The molecule has 1 aromatic carbocycles. The molecule has 4 fully saturated rings. The third-order valence-corrected chi connectivity index (χ3v) is 8.70. The molecule has 7 aliphatic carbocycles. The summed E-state index contributed by atoms with van der Waals surface area (Å²) in [7, 11) is 3.67. The van der Waals surface area contributed by atoms with Gasteiger partial charge in [0.1, 0.15) is 11.5 Å². The van der Waals surface area contributed by atoms with Crippen LogP contribution in [0.25, 0.3) is 0 Å². The normalized spacial score (nSPS) is 55.5. The Kier molecular flexibility index (Phi) is 1.45. The van der Waals surface area contributed by atoms with Crippen molar-refractivity contribution in [3.05, 3.63) is 35.4 Å². The van der Waals surface area contributed by atoms with Crippen LogP contribution in [0, 0.1) is 34.5 Å². The van der Waals surface area contributed by atoms with E-state index >= 15 is 0 Å². The van der Waals surface area contributed by atoms with Gasteiger partial charge in [-0.1, -0.05) is 12.2 Å². The first kappa shape index (κ1) is 11.2. The van der Waals surface area contributed by atoms with Crippen molar-refractivity contribution in [2.45, 2.75) is 24.7 Å². The summed E-state index contributed by atoms with van der Waals surface area (Å²) in [6.45, 7) is 0. The molecule has 0 unspecified atom stereocenters. The van der Waals surface area contributed by atoms with Gasteiger partial charge in [-0.15, -0.1) is 0 Å². The Labute approximate surface area is 130 Å². The molecule has 0 aromatic heterocycles. The van der Waals surface area contributed by atoms with Gasteiger partial charge in [-0.25, -0.2) is 0 Å². The molecule has 2 bridgehead atoms. The van der Waals surface area contributed by atoms with Crippen molar-refractivity contribution >= 4 is 0 Å². The Balaban J connectivity index is 1.60. The Hall–Kier alpha value is -1.44. The van der Waals surface area contributed by atoms with Gasteiger partial charge in [0.05, 0.1) is 14.2 Å². The number of allylic oxidation sites excluding steroid dienone is 2. The molecule has 0 heterocycles. The zero-order valence-corrected chi connectivity index (χ0v) is 13.0. The molecule has 0 N–H and O–H groups in total. The smallest absolute Gasteiger partial charge is 0.122 e. The van der Waals surface area contributed by atoms with Gasteiger partial charge in [0.25, 0.3) is 0 Å². The van der Waals surface area contributed by atoms with Crippen molar-refractivity contribution in [1.29, 1.82) is 0 Å². The van der Waals surface area contributed by atoms with Crippen LogP contribution in [-0.2, 0) is 0 Å². The Morgan fingerprint density at radius 1 is 0.818 bits per heavy atom. The van der Waals surface area contributed by atoms with Crippen LogP contribution in [0.3, 0.4) is 0 Å². The van der Waals surface area contributed by atoms with E-state index in [-0.39, 0.29) is 0 Å². The third-order valence-electron chi connectivity index (χ3n) is 8.70. The molecule has 4 saturated carbocycles. The van der Waals surface area contributed by atoms with Gasteiger partial charge in [0.15, 0.2) is 0 Å². The van der Waals surface area contributed by atoms with Crippen LogP contribution in [0.5, 0.6) is 11.5 Å². The fourth-order valence-corrected chi connectivity index (χ4v) is 8.68. The summed E-state index contributed by atoms with van der Waals surface area (Å²) in [6, 6.07) is 4.29. The van der Waals surface area contributed by atoms with Gasteiger partial charge in [0.2, 0.25) is 0 Å². The van der Waals surface area contributed by atoms with Crippen molar-refractivity contribution < 1.29 is 9.47 Å². The number of hydrogen-bond donors (Lipinski definition) is 0. The fourth-order valence-electron chi connectivity index (χ4n) is 8.68. The van der Waals surface area contributed by atoms with Gasteiger partial charge in [-0.05, 0) is 71.3 Å². The minimum atomic E-state index is 0.600. The monoisotopic (exact) mass is 292 g/mol. The van der Waals surface area contributed by atoms with Crippen LogP contribution < -0.4 is 9.47 Å². The second kappa shape index (κ2) is 2.86. The maximum Gasteiger partial charge on any atom is 0.122 e. The summed E-state index contributed by atoms with van der Waals surface area (Å²) in [5, 5.41) is 0. The lowest BCUT2D eigenvalue weighted by molar-refractivity contribution is 0.129. The first-order valence-corrected chi connectivity index (χ1v) is 8.72. The second-order valence-electron chi connectivity index (χ2n) is 8.42. The van der Waals surface area contributed by atoms with E-state index in [2.05, 4.69) is 24.3 Å². The van der Waals surface area contributed by atoms with E-state index in [1.807, 2.05) is 14.2 Å². The Morgan fingerprint density at radius 2 is 1.32 bits per heavy atom. The zero-order valence-electron chi connectivity index (χ0n) is 13.0. The highest BCUT2D eigenvalue weighted by molar-refractivity contribution is 5.69. The average molecular weight is 292 g/mol. The lowest BCUT2D eigenvalue weighted by Crippen LogP contribution is -2.41. The van der Waals surface area contributed by atoms with Crippen LogP contribution in [0.1, 0.15) is 35.8 Å². The van der Waals surface area contributed by atoms with Crippen molar-refractivity contribution in [2.75, 3.05) is 14.2 Å². The van der Waals surface area contributed by atoms with E-state index in [0.717, 1.165) is 47.0 Å². The molecule has 22 heavy (non-hydrogen) atoms. The lowest BCUT2D eigenvalue weighted by atomic mass is 9.53. The first-order chi connectivity index (χ1) is 10.8. The summed E-state index contributed by atoms with van der Waals surface area (Å²) in [5.74, 6) is 7.72. The van der Waals surface area contributed by atoms with E-state index in [0.29, 0.717) is 10.8 Å². The summed E-state index contributed by atoms with van der Waals surface area (Å²) >= 11 is 0. The van der Waals surface area contributed by atoms with Crippen LogP contribution >= 0.6 is 0 Å². The topological polar surface area (TPSA) is 18.5 Å². The van der Waals surface area contributed by atoms with Crippen molar-refractivity contribution in [3.63, 3.8) is 0 Å². The summed E-state index contributed by atoms with van der Waals surface area (Å²) in [5.41, 5.74) is 4.29. The van der Waals surface area contributed by atoms with E-state index in [4.69, 9.17) is 9.47 Å². The molecular weight excluding hydrogens is 272 g/mol. The molecular formula is C20H20O2. The maximum absolute atomic E-state index is 5.81. The number of methoxy groups -OCH3 is 2. The lowest BCUT2D eigenvalue weighted by Gasteiger charge is -2.50. The molecule has 0 amide bonds. The molecule has 2 nitrogen and oxygen atoms in total. The molecule has 7 aliphatic rings. The molecule has 6 atom stereocenters. The molecule has 2 spiro atoms. The highest BCUT2D eigenvalue weighted by atomic mass is 16.5. The Morgan fingerprint density at radius 3 is 1.77 bits per heavy atom. The molecule has 0 radical (unpaired) electrons. The molecule has 2 heteroatoms. The molecule has 112 valence electrons. The summed E-state index contributed by atoms with van der Waals surface area (Å²) < 4.78 is 11.6. The zero-order chi connectivity index (χ0) is 14.4. The van der Waals surface area contributed by atoms with Crippen LogP contribution in [0.2, 0.25) is 0 Å². The van der Waals surface area contributed by atoms with Crippen LogP contribution in [-0.4, -0.2) is 14.2 Å². The minimum absolute atomic E-state index is 0.600. The van der Waals surface area contributed by atoms with Gasteiger partial charge in [-0.2, -0.15) is 0 Å². The molecule has 1 aromatic rings. The molecule has 8 rings (SSSR count). The number of benzene rings is 1. The second-order valence-corrected chi connectivity index (χ2v) is 8.42. The van der Waals surface area contributed by atoms with E-state index in [9.17, 15) is 0 Å². The maximum atomic E-state index is 5.81. The number of hydrogen-bond acceptors (Lipinski definition) is 2. The Bertz CT molecular complexity index is 732. The number of rotatable bonds is 2. The largest absolute Gasteiger partial charge is 0.496 e. The predicted molar refractivity (Wildman–Crippen MR) is 82.2 cm³/mol. The van der Waals surface area contributed by atoms with Gasteiger partial charge >= 0.3 is 0 Å². The van der Waals surface area contributed by atoms with Gasteiger partial charge < -0.3 is 9.47 Å². The molecule has 0 saturated heterocycles. The van der Waals surface area contributed by atoms with Crippen LogP contribution in [0.15, 0.2) is 24.3 Å². The van der Waals surface area contributed by atoms with E-state index in [1.165, 1.54) is 12.8 Å².